The second kappa shape index (κ2) is 7.30. The van der Waals surface area contributed by atoms with Crippen molar-refractivity contribution in [3.8, 4) is 0 Å². The predicted molar refractivity (Wildman–Crippen MR) is 81.6 cm³/mol. The molecule has 2 N–H and O–H groups in total. The molecular formula is C16H19F3N2O2. The summed E-state index contributed by atoms with van der Waals surface area (Å²) in [4.78, 5) is 22.5. The minimum Gasteiger partial charge on any atom is -0.344 e. The fraction of sp³-hybridized carbons (Fsp3) is 0.375. The van der Waals surface area contributed by atoms with Crippen LogP contribution in [0, 0.1) is 5.41 Å². The highest BCUT2D eigenvalue weighted by Gasteiger charge is 2.38. The molecule has 0 atom stereocenters. The number of benzene rings is 1. The monoisotopic (exact) mass is 328 g/mol. The van der Waals surface area contributed by atoms with E-state index < -0.39 is 12.1 Å². The van der Waals surface area contributed by atoms with Gasteiger partial charge in [-0.1, -0.05) is 39.0 Å². The van der Waals surface area contributed by atoms with Gasteiger partial charge in [-0.3, -0.25) is 9.59 Å². The van der Waals surface area contributed by atoms with Gasteiger partial charge in [-0.05, 0) is 29.2 Å². The van der Waals surface area contributed by atoms with Crippen LogP contribution in [-0.4, -0.2) is 18.0 Å². The smallest absolute Gasteiger partial charge is 0.344 e. The van der Waals surface area contributed by atoms with E-state index in [2.05, 4.69) is 5.32 Å². The normalized spacial score (nSPS) is 12.3. The molecule has 2 amide bonds. The summed E-state index contributed by atoms with van der Waals surface area (Å²) in [6, 6.07) is 6.24. The van der Waals surface area contributed by atoms with Gasteiger partial charge < -0.3 is 10.6 Å². The Morgan fingerprint density at radius 2 is 1.83 bits per heavy atom. The van der Waals surface area contributed by atoms with Crippen LogP contribution < -0.4 is 10.6 Å². The summed E-state index contributed by atoms with van der Waals surface area (Å²) in [7, 11) is 0. The number of alkyl halides is 3. The quantitative estimate of drug-likeness (QED) is 0.832. The fourth-order valence-corrected chi connectivity index (χ4v) is 1.55. The Hall–Kier alpha value is -2.31. The topological polar surface area (TPSA) is 58.2 Å². The Bertz CT molecular complexity index is 602. The van der Waals surface area contributed by atoms with E-state index in [-0.39, 0.29) is 17.9 Å². The molecule has 0 aromatic heterocycles. The first-order valence-corrected chi connectivity index (χ1v) is 6.91. The number of hydrogen-bond donors (Lipinski definition) is 2. The minimum absolute atomic E-state index is 0.138. The van der Waals surface area contributed by atoms with E-state index in [0.717, 1.165) is 0 Å². The zero-order valence-corrected chi connectivity index (χ0v) is 13.1. The van der Waals surface area contributed by atoms with Crippen molar-refractivity contribution < 1.29 is 22.8 Å². The van der Waals surface area contributed by atoms with Crippen LogP contribution in [0.25, 0.3) is 0 Å². The number of anilines is 1. The summed E-state index contributed by atoms with van der Waals surface area (Å²) < 4.78 is 36.3. The van der Waals surface area contributed by atoms with Crippen molar-refractivity contribution in [1.29, 1.82) is 0 Å². The maximum absolute atomic E-state index is 12.1. The van der Waals surface area contributed by atoms with E-state index in [1.807, 2.05) is 20.8 Å². The van der Waals surface area contributed by atoms with Gasteiger partial charge >= 0.3 is 12.1 Å². The third-order valence-electron chi connectivity index (χ3n) is 2.64. The first-order chi connectivity index (χ1) is 10.5. The van der Waals surface area contributed by atoms with Crippen molar-refractivity contribution in [3.63, 3.8) is 0 Å². The maximum Gasteiger partial charge on any atom is 0.471 e. The molecule has 23 heavy (non-hydrogen) atoms. The summed E-state index contributed by atoms with van der Waals surface area (Å²) in [6.45, 7) is 5.56. The molecule has 0 heterocycles. The van der Waals surface area contributed by atoms with E-state index in [4.69, 9.17) is 0 Å². The highest BCUT2D eigenvalue weighted by atomic mass is 19.4. The number of amides is 2. The SMILES string of the molecule is CC(C)(C)/C=C/C(=O)Nc1cccc(CNC(=O)C(F)(F)F)c1. The molecule has 0 radical (unpaired) electrons. The molecule has 1 rings (SSSR count). The average molecular weight is 328 g/mol. The van der Waals surface area contributed by atoms with Crippen molar-refractivity contribution in [2.45, 2.75) is 33.5 Å². The van der Waals surface area contributed by atoms with Gasteiger partial charge in [0.1, 0.15) is 0 Å². The van der Waals surface area contributed by atoms with Gasteiger partial charge in [0.2, 0.25) is 5.91 Å². The number of halogens is 3. The molecule has 0 aliphatic heterocycles. The molecule has 0 spiro atoms. The Morgan fingerprint density at radius 1 is 1.17 bits per heavy atom. The summed E-state index contributed by atoms with van der Waals surface area (Å²) in [5.74, 6) is -2.34. The van der Waals surface area contributed by atoms with E-state index in [0.29, 0.717) is 11.3 Å². The van der Waals surface area contributed by atoms with Gasteiger partial charge in [-0.25, -0.2) is 0 Å². The van der Waals surface area contributed by atoms with Crippen molar-refractivity contribution in [2.75, 3.05) is 5.32 Å². The average Bonchev–Trinajstić information content (AvgIpc) is 2.41. The van der Waals surface area contributed by atoms with Crippen LogP contribution in [0.1, 0.15) is 26.3 Å². The van der Waals surface area contributed by atoms with Crippen LogP contribution >= 0.6 is 0 Å². The second-order valence-corrected chi connectivity index (χ2v) is 6.07. The van der Waals surface area contributed by atoms with E-state index in [9.17, 15) is 22.8 Å². The molecule has 0 fully saturated rings. The molecular weight excluding hydrogens is 309 g/mol. The molecule has 0 aliphatic carbocycles. The Labute approximate surface area is 132 Å². The number of carbonyl (C=O) groups excluding carboxylic acids is 2. The molecule has 0 aliphatic rings. The second-order valence-electron chi connectivity index (χ2n) is 6.07. The lowest BCUT2D eigenvalue weighted by molar-refractivity contribution is -0.173. The third kappa shape index (κ3) is 7.49. The highest BCUT2D eigenvalue weighted by Crippen LogP contribution is 2.16. The highest BCUT2D eigenvalue weighted by molar-refractivity contribution is 5.99. The van der Waals surface area contributed by atoms with Gasteiger partial charge in [-0.15, -0.1) is 0 Å². The fourth-order valence-electron chi connectivity index (χ4n) is 1.55. The molecule has 126 valence electrons. The van der Waals surface area contributed by atoms with Gasteiger partial charge in [0.05, 0.1) is 0 Å². The zero-order valence-electron chi connectivity index (χ0n) is 13.1. The summed E-state index contributed by atoms with van der Waals surface area (Å²) >= 11 is 0. The lowest BCUT2D eigenvalue weighted by Crippen LogP contribution is -2.36. The van der Waals surface area contributed by atoms with E-state index in [1.54, 1.807) is 29.6 Å². The third-order valence-corrected chi connectivity index (χ3v) is 2.64. The Kier molecular flexibility index (Phi) is 5.95. The van der Waals surface area contributed by atoms with Crippen molar-refractivity contribution in [2.24, 2.45) is 5.41 Å². The van der Waals surface area contributed by atoms with Crippen LogP contribution in [0.4, 0.5) is 18.9 Å². The van der Waals surface area contributed by atoms with Gasteiger partial charge in [0, 0.05) is 12.2 Å². The molecule has 0 saturated heterocycles. The number of rotatable bonds is 4. The summed E-state index contributed by atoms with van der Waals surface area (Å²) in [5, 5.41) is 4.39. The van der Waals surface area contributed by atoms with Crippen molar-refractivity contribution in [3.05, 3.63) is 42.0 Å². The number of allylic oxidation sites excluding steroid dienone is 1. The van der Waals surface area contributed by atoms with Gasteiger partial charge in [0.15, 0.2) is 0 Å². The largest absolute Gasteiger partial charge is 0.471 e. The molecule has 4 nitrogen and oxygen atoms in total. The lowest BCUT2D eigenvalue weighted by Gasteiger charge is -2.11. The molecule has 0 saturated carbocycles. The van der Waals surface area contributed by atoms with Crippen LogP contribution in [-0.2, 0) is 16.1 Å². The predicted octanol–water partition coefficient (Wildman–Crippen LogP) is 3.41. The van der Waals surface area contributed by atoms with Gasteiger partial charge in [0.25, 0.3) is 0 Å². The molecule has 0 bridgehead atoms. The van der Waals surface area contributed by atoms with Gasteiger partial charge in [-0.2, -0.15) is 13.2 Å². The standard InChI is InChI=1S/C16H19F3N2O2/c1-15(2,3)8-7-13(22)21-12-6-4-5-11(9-12)10-20-14(23)16(17,18)19/h4-9H,10H2,1-3H3,(H,20,23)(H,21,22)/b8-7+. The summed E-state index contributed by atoms with van der Waals surface area (Å²) in [6.07, 6.45) is -1.77. The van der Waals surface area contributed by atoms with E-state index in [1.165, 1.54) is 12.1 Å². The number of hydrogen-bond acceptors (Lipinski definition) is 2. The maximum atomic E-state index is 12.1. The Morgan fingerprint density at radius 3 is 2.39 bits per heavy atom. The van der Waals surface area contributed by atoms with Crippen molar-refractivity contribution in [1.82, 2.24) is 5.32 Å². The van der Waals surface area contributed by atoms with Crippen LogP contribution in [0.5, 0.6) is 0 Å². The first-order valence-electron chi connectivity index (χ1n) is 6.91. The molecule has 0 unspecified atom stereocenters. The van der Waals surface area contributed by atoms with Crippen LogP contribution in [0.2, 0.25) is 0 Å². The zero-order chi connectivity index (χ0) is 17.7. The number of nitrogens with one attached hydrogen (secondary N) is 2. The molecule has 1 aromatic carbocycles. The molecule has 1 aromatic rings. The van der Waals surface area contributed by atoms with E-state index >= 15 is 0 Å². The first kappa shape index (κ1) is 18.7. The minimum atomic E-state index is -4.91. The lowest BCUT2D eigenvalue weighted by atomic mass is 9.96. The number of carbonyl (C=O) groups is 2. The van der Waals surface area contributed by atoms with Crippen LogP contribution in [0.3, 0.4) is 0 Å². The Balaban J connectivity index is 2.65. The van der Waals surface area contributed by atoms with Crippen LogP contribution in [0.15, 0.2) is 36.4 Å². The van der Waals surface area contributed by atoms with Crippen molar-refractivity contribution >= 4 is 17.5 Å². The molecule has 7 heteroatoms. The summed E-state index contributed by atoms with van der Waals surface area (Å²) in [5.41, 5.74) is 0.744.